The lowest BCUT2D eigenvalue weighted by Crippen LogP contribution is -2.55. The summed E-state index contributed by atoms with van der Waals surface area (Å²) in [6, 6.07) is 0. The van der Waals surface area contributed by atoms with Crippen molar-refractivity contribution in [1.82, 2.24) is 4.65 Å². The van der Waals surface area contributed by atoms with E-state index in [0.717, 1.165) is 0 Å². The fourth-order valence-corrected chi connectivity index (χ4v) is 10.1. The Kier molecular flexibility index (Phi) is 5.84. The van der Waals surface area contributed by atoms with Crippen molar-refractivity contribution in [1.29, 1.82) is 0 Å². The predicted molar refractivity (Wildman–Crippen MR) is 58.4 cm³/mol. The van der Waals surface area contributed by atoms with Gasteiger partial charge in [-0.2, -0.15) is 0 Å². The Morgan fingerprint density at radius 3 is 0.900 bits per heavy atom. The molecule has 0 aromatic rings. The Hall–Kier alpha value is 1.16. The highest BCUT2D eigenvalue weighted by molar-refractivity contribution is 6.90. The van der Waals surface area contributed by atoms with Crippen molar-refractivity contribution in [2.24, 2.45) is 0 Å². The van der Waals surface area contributed by atoms with E-state index in [2.05, 4.69) is 43.9 Å². The van der Waals surface area contributed by atoms with Crippen molar-refractivity contribution in [2.75, 3.05) is 0 Å². The topological polar surface area (TPSA) is 12.0 Å². The Morgan fingerprint density at radius 2 is 0.900 bits per heavy atom. The van der Waals surface area contributed by atoms with Gasteiger partial charge in [-0.05, 0) is 0 Å². The molecule has 0 bridgehead atoms. The summed E-state index contributed by atoms with van der Waals surface area (Å²) < 4.78 is 3.74. The summed E-state index contributed by atoms with van der Waals surface area (Å²) in [5, 5.41) is 0. The molecule has 0 radical (unpaired) electrons. The zero-order chi connectivity index (χ0) is 7.71. The predicted octanol–water partition coefficient (Wildman–Crippen LogP) is 1.33. The molecule has 0 unspecified atom stereocenters. The van der Waals surface area contributed by atoms with E-state index in [-0.39, 0.29) is 23.1 Å². The van der Waals surface area contributed by atoms with Crippen LogP contribution in [0.4, 0.5) is 0 Å². The van der Waals surface area contributed by atoms with Gasteiger partial charge >= 0.3 is 23.1 Å². The summed E-state index contributed by atoms with van der Waals surface area (Å²) in [4.78, 5) is 0. The Bertz CT molecular complexity index is 80.9. The first-order valence-corrected chi connectivity index (χ1v) is 10.5. The number of nitrogens with one attached hydrogen (secondary N) is 1. The molecule has 60 valence electrons. The summed E-state index contributed by atoms with van der Waals surface area (Å²) >= 11 is 0. The summed E-state index contributed by atoms with van der Waals surface area (Å²) in [5.41, 5.74) is 0. The lowest BCUT2D eigenvalue weighted by atomic mass is 11.8. The number of hydrogen-bond donors (Lipinski definition) is 1. The van der Waals surface area contributed by atoms with E-state index in [0.29, 0.717) is 0 Å². The third-order valence-electron chi connectivity index (χ3n) is 0.750. The Labute approximate surface area is 83.3 Å². The van der Waals surface area contributed by atoms with Gasteiger partial charge in [0.2, 0.25) is 0 Å². The molecule has 0 aromatic heterocycles. The second kappa shape index (κ2) is 4.25. The lowest BCUT2D eigenvalue weighted by Gasteiger charge is -2.28. The molecule has 0 saturated heterocycles. The average molecular weight is 188 g/mol. The van der Waals surface area contributed by atoms with E-state index in [9.17, 15) is 0 Å². The Morgan fingerprint density at radius 1 is 0.700 bits per heavy atom. The first-order valence-electron chi connectivity index (χ1n) is 3.50. The minimum absolute atomic E-state index is 0. The normalized spacial score (nSPS) is 12.6. The summed E-state index contributed by atoms with van der Waals surface area (Å²) in [5.74, 6) is 0. The zero-order valence-electron chi connectivity index (χ0n) is 7.50. The smallest absolute Gasteiger partial charge is 0.316 e. The van der Waals surface area contributed by atoms with Gasteiger partial charge in [0.15, 0.2) is 0 Å². The molecule has 0 rings (SSSR count). The van der Waals surface area contributed by atoms with Gasteiger partial charge in [0, 0.05) is 0 Å². The number of rotatable bonds is 2. The average Bonchev–Trinajstić information content (AvgIpc) is 1.14. The first-order chi connectivity index (χ1) is 3.71. The maximum atomic E-state index is 3.74. The van der Waals surface area contributed by atoms with E-state index in [1.54, 1.807) is 0 Å². The first kappa shape index (κ1) is 13.7. The zero-order valence-corrected chi connectivity index (χ0v) is 9.50. The van der Waals surface area contributed by atoms with Crippen LogP contribution < -0.4 is 4.65 Å². The molecule has 0 heterocycles. The lowest BCUT2D eigenvalue weighted by molar-refractivity contribution is 1.30. The Balaban J connectivity index is 0. The highest BCUT2D eigenvalue weighted by atomic mass is 28.4. The van der Waals surface area contributed by atoms with Gasteiger partial charge in [-0.25, -0.2) is 0 Å². The summed E-state index contributed by atoms with van der Waals surface area (Å²) in [7, 11) is -1.96. The molecule has 0 aliphatic carbocycles. The standard InChI is InChI=1S/C6H19NSi2.Mg.2H/c1-8(2,3)7-9(4,5)6;;;/h7H,1-6H3;;;. The third kappa shape index (κ3) is 11.9. The van der Waals surface area contributed by atoms with Crippen LogP contribution in [0.25, 0.3) is 0 Å². The highest BCUT2D eigenvalue weighted by Gasteiger charge is 2.22. The van der Waals surface area contributed by atoms with Gasteiger partial charge < -0.3 is 4.65 Å². The van der Waals surface area contributed by atoms with Crippen LogP contribution in [0.2, 0.25) is 39.3 Å². The summed E-state index contributed by atoms with van der Waals surface area (Å²) in [6.45, 7) is 14.1. The van der Waals surface area contributed by atoms with Crippen molar-refractivity contribution in [3.05, 3.63) is 0 Å². The molecule has 0 aliphatic heterocycles. The molecule has 0 atom stereocenters. The summed E-state index contributed by atoms with van der Waals surface area (Å²) in [6.07, 6.45) is 0. The van der Waals surface area contributed by atoms with Gasteiger partial charge in [0.1, 0.15) is 16.5 Å². The fourth-order valence-electron chi connectivity index (χ4n) is 1.12. The molecule has 10 heavy (non-hydrogen) atoms. The fraction of sp³-hybridized carbons (Fsp3) is 1.00. The van der Waals surface area contributed by atoms with E-state index in [1.807, 2.05) is 0 Å². The molecule has 0 aromatic carbocycles. The van der Waals surface area contributed by atoms with Gasteiger partial charge in [0.25, 0.3) is 0 Å². The van der Waals surface area contributed by atoms with E-state index < -0.39 is 16.5 Å². The second-order valence-electron chi connectivity index (χ2n) is 4.62. The maximum Gasteiger partial charge on any atom is 0.316 e. The van der Waals surface area contributed by atoms with E-state index >= 15 is 0 Å². The van der Waals surface area contributed by atoms with Crippen LogP contribution >= 0.6 is 0 Å². The van der Waals surface area contributed by atoms with Crippen LogP contribution in [-0.4, -0.2) is 39.5 Å². The van der Waals surface area contributed by atoms with Crippen molar-refractivity contribution in [2.45, 2.75) is 39.3 Å². The van der Waals surface area contributed by atoms with Crippen molar-refractivity contribution in [3.63, 3.8) is 0 Å². The quantitative estimate of drug-likeness (QED) is 0.644. The molecule has 4 heteroatoms. The molecule has 0 amide bonds. The third-order valence-corrected chi connectivity index (χ3v) is 6.75. The molecular formula is C6H21MgNSi2. The van der Waals surface area contributed by atoms with Crippen LogP contribution in [0, 0.1) is 0 Å². The van der Waals surface area contributed by atoms with Gasteiger partial charge in [-0.15, -0.1) is 0 Å². The van der Waals surface area contributed by atoms with Gasteiger partial charge in [0.05, 0.1) is 0 Å². The van der Waals surface area contributed by atoms with Crippen LogP contribution in [0.5, 0.6) is 0 Å². The van der Waals surface area contributed by atoms with Crippen molar-refractivity contribution >= 4 is 39.5 Å². The largest absolute Gasteiger partial charge is 0.360 e. The molecule has 0 aliphatic rings. The van der Waals surface area contributed by atoms with E-state index in [4.69, 9.17) is 0 Å². The van der Waals surface area contributed by atoms with Crippen molar-refractivity contribution in [3.8, 4) is 0 Å². The van der Waals surface area contributed by atoms with Crippen LogP contribution in [-0.2, 0) is 0 Å². The molecule has 0 spiro atoms. The van der Waals surface area contributed by atoms with Gasteiger partial charge in [-0.1, -0.05) is 39.3 Å². The van der Waals surface area contributed by atoms with Gasteiger partial charge in [-0.3, -0.25) is 0 Å². The molecule has 0 saturated carbocycles. The minimum Gasteiger partial charge on any atom is -0.360 e. The van der Waals surface area contributed by atoms with Crippen LogP contribution in [0.1, 0.15) is 0 Å². The highest BCUT2D eigenvalue weighted by Crippen LogP contribution is 2.02. The SMILES string of the molecule is C[Si](C)(C)N[Si](C)(C)C.[MgH2]. The van der Waals surface area contributed by atoms with Crippen LogP contribution in [0.15, 0.2) is 0 Å². The maximum absolute atomic E-state index is 3.74. The molecule has 0 fully saturated rings. The second-order valence-corrected chi connectivity index (χ2v) is 14.6. The molecule has 1 N–H and O–H groups in total. The van der Waals surface area contributed by atoms with Crippen molar-refractivity contribution < 1.29 is 0 Å². The minimum atomic E-state index is -0.981. The molecular weight excluding hydrogens is 167 g/mol. The van der Waals surface area contributed by atoms with Crippen LogP contribution in [0.3, 0.4) is 0 Å². The monoisotopic (exact) mass is 187 g/mol. The van der Waals surface area contributed by atoms with E-state index in [1.165, 1.54) is 0 Å². The molecule has 1 nitrogen and oxygen atoms in total. The number of hydrogen-bond acceptors (Lipinski definition) is 1.